The highest BCUT2D eigenvalue weighted by molar-refractivity contribution is 6.83. The van der Waals surface area contributed by atoms with Crippen LogP contribution in [0.2, 0.25) is 19.6 Å². The van der Waals surface area contributed by atoms with Crippen molar-refractivity contribution >= 4 is 14.2 Å². The molecule has 1 aromatic carbocycles. The number of benzene rings is 1. The number of hydrogen-bond acceptors (Lipinski definition) is 3. The number of carbonyl (C=O) groups excluding carboxylic acids is 1. The highest BCUT2D eigenvalue weighted by Crippen LogP contribution is 2.41. The van der Waals surface area contributed by atoms with E-state index in [0.717, 1.165) is 30.7 Å². The van der Waals surface area contributed by atoms with Gasteiger partial charge < -0.3 is 14.4 Å². The van der Waals surface area contributed by atoms with Gasteiger partial charge >= 0.3 is 6.09 Å². The molecule has 3 rings (SSSR count). The summed E-state index contributed by atoms with van der Waals surface area (Å²) in [5, 5.41) is 0. The van der Waals surface area contributed by atoms with Crippen molar-refractivity contribution in [1.82, 2.24) is 4.90 Å². The van der Waals surface area contributed by atoms with Crippen LogP contribution in [0.4, 0.5) is 4.79 Å². The maximum atomic E-state index is 12.4. The maximum absolute atomic E-state index is 12.4. The van der Waals surface area contributed by atoms with Crippen LogP contribution in [-0.4, -0.2) is 43.9 Å². The SMILES string of the molecule is CC(C)(C)OC(=O)N1CC2CCC(Oc3ccccc3C#C[Si](C)(C)C)C2C1. The third-order valence-electron chi connectivity index (χ3n) is 5.18. The number of para-hydroxylation sites is 1. The number of rotatable bonds is 2. The van der Waals surface area contributed by atoms with Crippen LogP contribution in [0, 0.1) is 23.3 Å². The molecule has 2 aliphatic rings. The number of ether oxygens (including phenoxy) is 2. The Kier molecular flexibility index (Phi) is 5.81. The molecule has 4 nitrogen and oxygen atoms in total. The lowest BCUT2D eigenvalue weighted by atomic mass is 9.99. The summed E-state index contributed by atoms with van der Waals surface area (Å²) in [7, 11) is -1.44. The molecule has 3 atom stereocenters. The number of likely N-dealkylation sites (tertiary alicyclic amines) is 1. The largest absolute Gasteiger partial charge is 0.489 e. The van der Waals surface area contributed by atoms with E-state index in [1.165, 1.54) is 0 Å². The summed E-state index contributed by atoms with van der Waals surface area (Å²) < 4.78 is 12.0. The van der Waals surface area contributed by atoms with Crippen LogP contribution >= 0.6 is 0 Å². The van der Waals surface area contributed by atoms with Gasteiger partial charge in [-0.2, -0.15) is 0 Å². The predicted molar refractivity (Wildman–Crippen MR) is 115 cm³/mol. The molecule has 1 aliphatic heterocycles. The summed E-state index contributed by atoms with van der Waals surface area (Å²) in [4.78, 5) is 14.3. The third kappa shape index (κ3) is 5.32. The molecular formula is C23H33NO3Si. The molecule has 5 heteroatoms. The first-order valence-corrected chi connectivity index (χ1v) is 13.8. The third-order valence-corrected chi connectivity index (χ3v) is 6.06. The summed E-state index contributed by atoms with van der Waals surface area (Å²) in [5.74, 6) is 5.08. The van der Waals surface area contributed by atoms with Crippen LogP contribution in [0.5, 0.6) is 5.75 Å². The molecule has 1 aliphatic carbocycles. The molecule has 2 fully saturated rings. The first-order valence-electron chi connectivity index (χ1n) is 10.3. The zero-order valence-corrected chi connectivity index (χ0v) is 19.0. The van der Waals surface area contributed by atoms with E-state index < -0.39 is 13.7 Å². The molecule has 1 saturated heterocycles. The second-order valence-electron chi connectivity index (χ2n) is 10.0. The van der Waals surface area contributed by atoms with E-state index in [9.17, 15) is 4.79 Å². The van der Waals surface area contributed by atoms with Gasteiger partial charge in [-0.05, 0) is 51.7 Å². The van der Waals surface area contributed by atoms with Crippen LogP contribution in [-0.2, 0) is 4.74 Å². The number of fused-ring (bicyclic) bond motifs is 1. The fourth-order valence-corrected chi connectivity index (χ4v) is 4.44. The Bertz CT molecular complexity index is 782. The highest BCUT2D eigenvalue weighted by atomic mass is 28.3. The van der Waals surface area contributed by atoms with Crippen molar-refractivity contribution < 1.29 is 14.3 Å². The second kappa shape index (κ2) is 7.83. The quantitative estimate of drug-likeness (QED) is 0.522. The minimum atomic E-state index is -1.44. The van der Waals surface area contributed by atoms with Gasteiger partial charge in [-0.25, -0.2) is 4.79 Å². The summed E-state index contributed by atoms with van der Waals surface area (Å²) in [6, 6.07) is 8.07. The van der Waals surface area contributed by atoms with E-state index in [0.29, 0.717) is 18.4 Å². The Morgan fingerprint density at radius 2 is 1.86 bits per heavy atom. The van der Waals surface area contributed by atoms with Gasteiger partial charge in [-0.1, -0.05) is 37.7 Å². The molecule has 0 spiro atoms. The first kappa shape index (κ1) is 20.8. The van der Waals surface area contributed by atoms with Crippen molar-refractivity contribution in [2.45, 2.75) is 65.0 Å². The van der Waals surface area contributed by atoms with Gasteiger partial charge in [-0.15, -0.1) is 5.54 Å². The molecule has 152 valence electrons. The van der Waals surface area contributed by atoms with Gasteiger partial charge in [0.25, 0.3) is 0 Å². The lowest BCUT2D eigenvalue weighted by Crippen LogP contribution is -2.37. The number of nitrogens with zero attached hydrogens (tertiary/aromatic N) is 1. The zero-order chi connectivity index (χ0) is 20.5. The smallest absolute Gasteiger partial charge is 0.410 e. The number of carbonyl (C=O) groups is 1. The summed E-state index contributed by atoms with van der Waals surface area (Å²) in [6.45, 7) is 14.0. The standard InChI is InChI=1S/C23H33NO3Si/c1-23(2,3)27-22(25)24-15-18-11-12-21(19(18)16-24)26-20-10-8-7-9-17(20)13-14-28(4,5)6/h7-10,18-19,21H,11-12,15-16H2,1-6H3. The summed E-state index contributed by atoms with van der Waals surface area (Å²) >= 11 is 0. The molecule has 0 bridgehead atoms. The first-order chi connectivity index (χ1) is 13.0. The van der Waals surface area contributed by atoms with E-state index in [1.54, 1.807) is 0 Å². The van der Waals surface area contributed by atoms with Gasteiger partial charge in [0.2, 0.25) is 0 Å². The normalized spacial score (nSPS) is 24.4. The monoisotopic (exact) mass is 399 g/mol. The second-order valence-corrected chi connectivity index (χ2v) is 14.8. The van der Waals surface area contributed by atoms with Crippen LogP contribution in [0.1, 0.15) is 39.2 Å². The molecule has 3 unspecified atom stereocenters. The van der Waals surface area contributed by atoms with E-state index >= 15 is 0 Å². The van der Waals surface area contributed by atoms with Gasteiger partial charge in [0.15, 0.2) is 0 Å². The fraction of sp³-hybridized carbons (Fsp3) is 0.609. The minimum Gasteiger partial charge on any atom is -0.489 e. The molecule has 0 N–H and O–H groups in total. The molecule has 1 amide bonds. The van der Waals surface area contributed by atoms with Crippen molar-refractivity contribution in [3.63, 3.8) is 0 Å². The molecule has 1 aromatic rings. The Labute approximate surface area is 170 Å². The lowest BCUT2D eigenvalue weighted by Gasteiger charge is -2.26. The Morgan fingerprint density at radius 1 is 1.14 bits per heavy atom. The van der Waals surface area contributed by atoms with E-state index in [1.807, 2.05) is 49.9 Å². The molecule has 0 aromatic heterocycles. The molecule has 1 heterocycles. The van der Waals surface area contributed by atoms with Crippen LogP contribution in [0.15, 0.2) is 24.3 Å². The topological polar surface area (TPSA) is 38.8 Å². The summed E-state index contributed by atoms with van der Waals surface area (Å²) in [6.07, 6.45) is 2.05. The van der Waals surface area contributed by atoms with Crippen LogP contribution in [0.3, 0.4) is 0 Å². The van der Waals surface area contributed by atoms with Gasteiger partial charge in [-0.3, -0.25) is 0 Å². The lowest BCUT2D eigenvalue weighted by molar-refractivity contribution is 0.0267. The molecular weight excluding hydrogens is 366 g/mol. The van der Waals surface area contributed by atoms with Gasteiger partial charge in [0.1, 0.15) is 25.5 Å². The van der Waals surface area contributed by atoms with E-state index in [4.69, 9.17) is 9.47 Å². The van der Waals surface area contributed by atoms with Crippen molar-refractivity contribution in [2.75, 3.05) is 13.1 Å². The van der Waals surface area contributed by atoms with Crippen LogP contribution < -0.4 is 4.74 Å². The average molecular weight is 400 g/mol. The van der Waals surface area contributed by atoms with E-state index in [-0.39, 0.29) is 12.2 Å². The minimum absolute atomic E-state index is 0.132. The fourth-order valence-electron chi connectivity index (χ4n) is 3.93. The number of hydrogen-bond donors (Lipinski definition) is 0. The van der Waals surface area contributed by atoms with Gasteiger partial charge in [0.05, 0.1) is 5.56 Å². The van der Waals surface area contributed by atoms with E-state index in [2.05, 4.69) is 31.1 Å². The molecule has 0 radical (unpaired) electrons. The molecule has 1 saturated carbocycles. The van der Waals surface area contributed by atoms with Crippen molar-refractivity contribution in [3.8, 4) is 17.2 Å². The maximum Gasteiger partial charge on any atom is 0.410 e. The Balaban J connectivity index is 1.69. The predicted octanol–water partition coefficient (Wildman–Crippen LogP) is 4.94. The zero-order valence-electron chi connectivity index (χ0n) is 18.0. The van der Waals surface area contributed by atoms with Crippen LogP contribution in [0.25, 0.3) is 0 Å². The average Bonchev–Trinajstić information content (AvgIpc) is 3.14. The molecule has 28 heavy (non-hydrogen) atoms. The van der Waals surface area contributed by atoms with Gasteiger partial charge in [0, 0.05) is 19.0 Å². The van der Waals surface area contributed by atoms with Crippen molar-refractivity contribution in [1.29, 1.82) is 0 Å². The number of amides is 1. The van der Waals surface area contributed by atoms with Crippen molar-refractivity contribution in [3.05, 3.63) is 29.8 Å². The van der Waals surface area contributed by atoms with Crippen molar-refractivity contribution in [2.24, 2.45) is 11.8 Å². The highest BCUT2D eigenvalue weighted by Gasteiger charge is 2.46. The Morgan fingerprint density at radius 3 is 2.54 bits per heavy atom. The Hall–Kier alpha value is -1.93. The summed E-state index contributed by atoms with van der Waals surface area (Å²) in [5.41, 5.74) is 3.94.